The minimum Gasteiger partial charge on any atom is -0.339 e. The van der Waals surface area contributed by atoms with E-state index in [1.165, 1.54) is 0 Å². The van der Waals surface area contributed by atoms with Gasteiger partial charge in [-0.05, 0) is 25.1 Å². The van der Waals surface area contributed by atoms with Crippen molar-refractivity contribution in [2.45, 2.75) is 13.8 Å². The second kappa shape index (κ2) is 7.40. The summed E-state index contributed by atoms with van der Waals surface area (Å²) in [5.74, 6) is 0.595. The van der Waals surface area contributed by atoms with E-state index in [2.05, 4.69) is 27.1 Å². The van der Waals surface area contributed by atoms with Crippen molar-refractivity contribution in [3.8, 4) is 0 Å². The largest absolute Gasteiger partial charge is 0.339 e. The Bertz CT molecular complexity index is 693. The van der Waals surface area contributed by atoms with Gasteiger partial charge in [-0.15, -0.1) is 0 Å². The Morgan fingerprint density at radius 1 is 1.12 bits per heavy atom. The first-order valence-corrected chi connectivity index (χ1v) is 8.33. The molecule has 1 aliphatic heterocycles. The quantitative estimate of drug-likeness (QED) is 0.935. The zero-order valence-corrected chi connectivity index (χ0v) is 14.2. The van der Waals surface area contributed by atoms with E-state index in [1.807, 2.05) is 36.1 Å². The van der Waals surface area contributed by atoms with Crippen molar-refractivity contribution in [2.75, 3.05) is 38.0 Å². The van der Waals surface area contributed by atoms with Crippen LogP contribution < -0.4 is 5.32 Å². The first-order chi connectivity index (χ1) is 11.7. The van der Waals surface area contributed by atoms with Crippen molar-refractivity contribution >= 4 is 17.4 Å². The van der Waals surface area contributed by atoms with Gasteiger partial charge in [0.25, 0.3) is 5.91 Å². The molecule has 1 saturated heterocycles. The van der Waals surface area contributed by atoms with Crippen LogP contribution in [0.2, 0.25) is 0 Å². The molecule has 24 heavy (non-hydrogen) atoms. The maximum absolute atomic E-state index is 12.5. The Morgan fingerprint density at radius 2 is 1.88 bits per heavy atom. The van der Waals surface area contributed by atoms with E-state index in [9.17, 15) is 4.79 Å². The van der Waals surface area contributed by atoms with Gasteiger partial charge in [-0.1, -0.05) is 25.1 Å². The minimum atomic E-state index is -0.0410. The lowest BCUT2D eigenvalue weighted by atomic mass is 10.2. The zero-order chi connectivity index (χ0) is 16.9. The Hall–Kier alpha value is -2.47. The van der Waals surface area contributed by atoms with Crippen molar-refractivity contribution < 1.29 is 4.79 Å². The molecule has 1 amide bonds. The number of para-hydroxylation sites is 1. The van der Waals surface area contributed by atoms with Crippen LogP contribution in [0.4, 0.5) is 11.5 Å². The molecule has 0 aliphatic carbocycles. The Morgan fingerprint density at radius 3 is 2.50 bits per heavy atom. The van der Waals surface area contributed by atoms with E-state index in [4.69, 9.17) is 0 Å². The van der Waals surface area contributed by atoms with Crippen LogP contribution >= 0.6 is 0 Å². The number of amides is 1. The van der Waals surface area contributed by atoms with Gasteiger partial charge < -0.3 is 15.1 Å². The fourth-order valence-electron chi connectivity index (χ4n) is 2.78. The number of hydrogen-bond acceptors (Lipinski definition) is 5. The van der Waals surface area contributed by atoms with Crippen LogP contribution in [0.15, 0.2) is 36.7 Å². The summed E-state index contributed by atoms with van der Waals surface area (Å²) in [6, 6.07) is 7.98. The maximum atomic E-state index is 12.5. The Kier molecular flexibility index (Phi) is 5.05. The highest BCUT2D eigenvalue weighted by Gasteiger charge is 2.22. The monoisotopic (exact) mass is 325 g/mol. The summed E-state index contributed by atoms with van der Waals surface area (Å²) in [7, 11) is 0. The molecule has 1 N–H and O–H groups in total. The lowest BCUT2D eigenvalue weighted by Crippen LogP contribution is -2.48. The van der Waals surface area contributed by atoms with Gasteiger partial charge in [0.1, 0.15) is 11.5 Å². The number of aryl methyl sites for hydroxylation is 1. The second-order valence-electron chi connectivity index (χ2n) is 5.95. The minimum absolute atomic E-state index is 0.0410. The molecule has 1 aromatic heterocycles. The highest BCUT2D eigenvalue weighted by atomic mass is 16.2. The normalized spacial score (nSPS) is 15.3. The third-order valence-corrected chi connectivity index (χ3v) is 4.39. The van der Waals surface area contributed by atoms with Crippen LogP contribution in [-0.4, -0.2) is 58.4 Å². The SMILES string of the molecule is CCN1CCN(C(=O)c2cnc(Nc3ccccc3C)cn2)CC1. The molecule has 0 spiro atoms. The maximum Gasteiger partial charge on any atom is 0.274 e. The molecule has 0 saturated carbocycles. The number of likely N-dealkylation sites (N-methyl/N-ethyl adjacent to an activating group) is 1. The number of hydrogen-bond donors (Lipinski definition) is 1. The summed E-state index contributed by atoms with van der Waals surface area (Å²) < 4.78 is 0. The fraction of sp³-hybridized carbons (Fsp3) is 0.389. The molecule has 2 aromatic rings. The average molecular weight is 325 g/mol. The summed E-state index contributed by atoms with van der Waals surface area (Å²) in [5, 5.41) is 3.23. The molecule has 126 valence electrons. The number of carbonyl (C=O) groups excluding carboxylic acids is 1. The van der Waals surface area contributed by atoms with Gasteiger partial charge in [-0.3, -0.25) is 4.79 Å². The van der Waals surface area contributed by atoms with Gasteiger partial charge >= 0.3 is 0 Å². The summed E-state index contributed by atoms with van der Waals surface area (Å²) in [6.45, 7) is 8.54. The van der Waals surface area contributed by atoms with E-state index in [-0.39, 0.29) is 5.91 Å². The standard InChI is InChI=1S/C18H23N5O/c1-3-22-8-10-23(11-9-22)18(24)16-12-20-17(13-19-16)21-15-7-5-4-6-14(15)2/h4-7,12-13H,3,8-11H2,1-2H3,(H,20,21). The van der Waals surface area contributed by atoms with Gasteiger partial charge in [-0.25, -0.2) is 9.97 Å². The molecule has 3 rings (SSSR count). The molecule has 6 nitrogen and oxygen atoms in total. The van der Waals surface area contributed by atoms with Crippen LogP contribution in [0.25, 0.3) is 0 Å². The zero-order valence-electron chi connectivity index (χ0n) is 14.2. The van der Waals surface area contributed by atoms with Gasteiger partial charge in [0.2, 0.25) is 0 Å². The number of rotatable bonds is 4. The molecule has 2 heterocycles. The van der Waals surface area contributed by atoms with Crippen LogP contribution in [-0.2, 0) is 0 Å². The summed E-state index contributed by atoms with van der Waals surface area (Å²) in [5.41, 5.74) is 2.52. The van der Waals surface area contributed by atoms with Gasteiger partial charge in [0.05, 0.1) is 12.4 Å². The smallest absolute Gasteiger partial charge is 0.274 e. The second-order valence-corrected chi connectivity index (χ2v) is 5.95. The Balaban J connectivity index is 1.64. The molecule has 1 aliphatic rings. The van der Waals surface area contributed by atoms with Crippen LogP contribution in [0.5, 0.6) is 0 Å². The van der Waals surface area contributed by atoms with Crippen LogP contribution in [0, 0.1) is 6.92 Å². The number of nitrogens with zero attached hydrogens (tertiary/aromatic N) is 4. The molecular formula is C18H23N5O. The van der Waals surface area contributed by atoms with E-state index < -0.39 is 0 Å². The predicted octanol–water partition coefficient (Wildman–Crippen LogP) is 2.31. The number of aromatic nitrogens is 2. The molecular weight excluding hydrogens is 302 g/mol. The molecule has 1 aromatic carbocycles. The van der Waals surface area contributed by atoms with E-state index in [1.54, 1.807) is 12.4 Å². The number of piperazine rings is 1. The number of carbonyl (C=O) groups is 1. The van der Waals surface area contributed by atoms with Crippen molar-refractivity contribution in [2.24, 2.45) is 0 Å². The van der Waals surface area contributed by atoms with Crippen molar-refractivity contribution in [1.82, 2.24) is 19.8 Å². The third kappa shape index (κ3) is 3.71. The number of anilines is 2. The van der Waals surface area contributed by atoms with Gasteiger partial charge in [0, 0.05) is 31.9 Å². The van der Waals surface area contributed by atoms with E-state index >= 15 is 0 Å². The van der Waals surface area contributed by atoms with Gasteiger partial charge in [-0.2, -0.15) is 0 Å². The lowest BCUT2D eigenvalue weighted by molar-refractivity contribution is 0.0637. The highest BCUT2D eigenvalue weighted by Crippen LogP contribution is 2.18. The predicted molar refractivity (Wildman–Crippen MR) is 94.5 cm³/mol. The topological polar surface area (TPSA) is 61.4 Å². The molecule has 0 radical (unpaired) electrons. The molecule has 1 fully saturated rings. The number of benzene rings is 1. The van der Waals surface area contributed by atoms with Gasteiger partial charge in [0.15, 0.2) is 0 Å². The lowest BCUT2D eigenvalue weighted by Gasteiger charge is -2.33. The summed E-state index contributed by atoms with van der Waals surface area (Å²) in [4.78, 5) is 25.3. The first-order valence-electron chi connectivity index (χ1n) is 8.33. The number of nitrogens with one attached hydrogen (secondary N) is 1. The molecule has 0 bridgehead atoms. The average Bonchev–Trinajstić information content (AvgIpc) is 2.64. The third-order valence-electron chi connectivity index (χ3n) is 4.39. The Labute approximate surface area is 142 Å². The van der Waals surface area contributed by atoms with Crippen molar-refractivity contribution in [1.29, 1.82) is 0 Å². The molecule has 0 unspecified atom stereocenters. The van der Waals surface area contributed by atoms with Crippen molar-refractivity contribution in [3.05, 3.63) is 47.9 Å². The van der Waals surface area contributed by atoms with E-state index in [0.717, 1.165) is 44.0 Å². The van der Waals surface area contributed by atoms with Crippen LogP contribution in [0.1, 0.15) is 23.0 Å². The van der Waals surface area contributed by atoms with Crippen molar-refractivity contribution in [3.63, 3.8) is 0 Å². The van der Waals surface area contributed by atoms with E-state index in [0.29, 0.717) is 11.5 Å². The fourth-order valence-corrected chi connectivity index (χ4v) is 2.78. The highest BCUT2D eigenvalue weighted by molar-refractivity contribution is 5.92. The molecule has 6 heteroatoms. The summed E-state index contributed by atoms with van der Waals surface area (Å²) >= 11 is 0. The first kappa shape index (κ1) is 16.4. The molecule has 0 atom stereocenters. The summed E-state index contributed by atoms with van der Waals surface area (Å²) in [6.07, 6.45) is 3.16. The van der Waals surface area contributed by atoms with Crippen LogP contribution in [0.3, 0.4) is 0 Å².